The van der Waals surface area contributed by atoms with Crippen LogP contribution in [0.1, 0.15) is 25.5 Å². The zero-order valence-corrected chi connectivity index (χ0v) is 11.5. The summed E-state index contributed by atoms with van der Waals surface area (Å²) in [6.45, 7) is 3.95. The van der Waals surface area contributed by atoms with Crippen molar-refractivity contribution in [2.75, 3.05) is 0 Å². The van der Waals surface area contributed by atoms with Crippen molar-refractivity contribution in [3.63, 3.8) is 0 Å². The molecule has 0 saturated carbocycles. The molecular formula is C13H12Cl2N2O. The topological polar surface area (TPSA) is 45.8 Å². The average molecular weight is 283 g/mol. The molecule has 1 heterocycles. The number of aromatic amines is 1. The van der Waals surface area contributed by atoms with Crippen molar-refractivity contribution in [1.29, 1.82) is 0 Å². The molecule has 0 unspecified atom stereocenters. The van der Waals surface area contributed by atoms with Crippen LogP contribution in [0.2, 0.25) is 10.0 Å². The highest BCUT2D eigenvalue weighted by Crippen LogP contribution is 2.28. The Morgan fingerprint density at radius 2 is 1.94 bits per heavy atom. The van der Waals surface area contributed by atoms with E-state index in [1.165, 1.54) is 6.07 Å². The van der Waals surface area contributed by atoms with E-state index >= 15 is 0 Å². The summed E-state index contributed by atoms with van der Waals surface area (Å²) in [5.74, 6) is 0.614. The van der Waals surface area contributed by atoms with Gasteiger partial charge in [-0.2, -0.15) is 0 Å². The smallest absolute Gasteiger partial charge is 0.251 e. The van der Waals surface area contributed by atoms with E-state index in [9.17, 15) is 4.79 Å². The molecular weight excluding hydrogens is 271 g/mol. The number of H-pyrrole nitrogens is 1. The summed E-state index contributed by atoms with van der Waals surface area (Å²) < 4.78 is 0. The molecule has 0 fully saturated rings. The van der Waals surface area contributed by atoms with Crippen LogP contribution in [-0.2, 0) is 0 Å². The quantitative estimate of drug-likeness (QED) is 0.909. The van der Waals surface area contributed by atoms with Crippen LogP contribution in [0.25, 0.3) is 11.4 Å². The predicted octanol–water partition coefficient (Wildman–Crippen LogP) is 3.87. The minimum atomic E-state index is -0.195. The van der Waals surface area contributed by atoms with E-state index < -0.39 is 0 Å². The summed E-state index contributed by atoms with van der Waals surface area (Å²) in [7, 11) is 0. The van der Waals surface area contributed by atoms with Crippen LogP contribution in [0.5, 0.6) is 0 Å². The Labute approximate surface area is 115 Å². The lowest BCUT2D eigenvalue weighted by molar-refractivity contribution is 0.812. The minimum absolute atomic E-state index is 0.170. The maximum absolute atomic E-state index is 11.6. The summed E-state index contributed by atoms with van der Waals surface area (Å²) in [6, 6.07) is 6.55. The van der Waals surface area contributed by atoms with E-state index in [2.05, 4.69) is 9.97 Å². The molecule has 0 radical (unpaired) electrons. The van der Waals surface area contributed by atoms with Crippen molar-refractivity contribution in [2.24, 2.45) is 0 Å². The molecule has 2 rings (SSSR count). The molecule has 0 aliphatic rings. The van der Waals surface area contributed by atoms with Crippen molar-refractivity contribution >= 4 is 23.2 Å². The molecule has 0 aliphatic heterocycles. The first-order valence-corrected chi connectivity index (χ1v) is 6.29. The third-order valence-electron chi connectivity index (χ3n) is 2.54. The Morgan fingerprint density at radius 3 is 2.61 bits per heavy atom. The molecule has 0 amide bonds. The number of halogens is 2. The van der Waals surface area contributed by atoms with E-state index in [1.54, 1.807) is 18.2 Å². The number of aromatic nitrogens is 2. The lowest BCUT2D eigenvalue weighted by atomic mass is 10.1. The van der Waals surface area contributed by atoms with Gasteiger partial charge in [-0.3, -0.25) is 4.79 Å². The highest BCUT2D eigenvalue weighted by atomic mass is 35.5. The maximum atomic E-state index is 11.6. The molecule has 3 nitrogen and oxygen atoms in total. The van der Waals surface area contributed by atoms with Gasteiger partial charge in [0.1, 0.15) is 5.82 Å². The molecule has 0 aliphatic carbocycles. The zero-order chi connectivity index (χ0) is 13.3. The number of benzene rings is 1. The molecule has 0 spiro atoms. The summed E-state index contributed by atoms with van der Waals surface area (Å²) in [4.78, 5) is 18.7. The lowest BCUT2D eigenvalue weighted by Crippen LogP contribution is -2.11. The van der Waals surface area contributed by atoms with Gasteiger partial charge >= 0.3 is 0 Å². The van der Waals surface area contributed by atoms with Crippen molar-refractivity contribution in [3.8, 4) is 11.4 Å². The molecule has 1 N–H and O–H groups in total. The van der Waals surface area contributed by atoms with Crippen LogP contribution < -0.4 is 5.56 Å². The normalized spacial score (nSPS) is 10.9. The van der Waals surface area contributed by atoms with Crippen molar-refractivity contribution < 1.29 is 0 Å². The Kier molecular flexibility index (Phi) is 3.73. The van der Waals surface area contributed by atoms with Crippen LogP contribution in [-0.4, -0.2) is 9.97 Å². The summed E-state index contributed by atoms with van der Waals surface area (Å²) in [5.41, 5.74) is 1.16. The largest absolute Gasteiger partial charge is 0.306 e. The summed E-state index contributed by atoms with van der Waals surface area (Å²) in [6.07, 6.45) is 0. The second-order valence-electron chi connectivity index (χ2n) is 4.30. The molecule has 0 bridgehead atoms. The van der Waals surface area contributed by atoms with Gasteiger partial charge in [-0.25, -0.2) is 4.98 Å². The summed E-state index contributed by atoms with van der Waals surface area (Å²) >= 11 is 12.0. The molecule has 2 aromatic rings. The lowest BCUT2D eigenvalue weighted by Gasteiger charge is -2.08. The highest BCUT2D eigenvalue weighted by Gasteiger charge is 2.10. The van der Waals surface area contributed by atoms with Crippen molar-refractivity contribution in [3.05, 3.63) is 50.4 Å². The number of hydrogen-bond acceptors (Lipinski definition) is 2. The maximum Gasteiger partial charge on any atom is 0.251 e. The first-order valence-electron chi connectivity index (χ1n) is 5.54. The average Bonchev–Trinajstić information content (AvgIpc) is 2.31. The van der Waals surface area contributed by atoms with E-state index in [1.807, 2.05) is 13.8 Å². The molecule has 1 aromatic heterocycles. The Morgan fingerprint density at radius 1 is 1.22 bits per heavy atom. The van der Waals surface area contributed by atoms with Gasteiger partial charge in [-0.1, -0.05) is 37.0 Å². The minimum Gasteiger partial charge on any atom is -0.306 e. The first kappa shape index (κ1) is 13.1. The van der Waals surface area contributed by atoms with Gasteiger partial charge in [0.2, 0.25) is 0 Å². The zero-order valence-electron chi connectivity index (χ0n) is 10.00. The second-order valence-corrected chi connectivity index (χ2v) is 5.14. The van der Waals surface area contributed by atoms with Crippen LogP contribution in [0, 0.1) is 0 Å². The van der Waals surface area contributed by atoms with E-state index in [-0.39, 0.29) is 11.5 Å². The van der Waals surface area contributed by atoms with E-state index in [4.69, 9.17) is 23.2 Å². The number of rotatable bonds is 2. The van der Waals surface area contributed by atoms with Crippen molar-refractivity contribution in [1.82, 2.24) is 9.97 Å². The van der Waals surface area contributed by atoms with Gasteiger partial charge in [-0.05, 0) is 24.1 Å². The van der Waals surface area contributed by atoms with Gasteiger partial charge < -0.3 is 4.98 Å². The fourth-order valence-corrected chi connectivity index (χ4v) is 1.96. The molecule has 94 valence electrons. The van der Waals surface area contributed by atoms with Gasteiger partial charge in [0.05, 0.1) is 10.7 Å². The monoisotopic (exact) mass is 282 g/mol. The third kappa shape index (κ3) is 2.74. The van der Waals surface area contributed by atoms with Crippen LogP contribution in [0.3, 0.4) is 0 Å². The molecule has 0 saturated heterocycles. The molecule has 18 heavy (non-hydrogen) atoms. The number of nitrogens with one attached hydrogen (secondary N) is 1. The van der Waals surface area contributed by atoms with Crippen molar-refractivity contribution in [2.45, 2.75) is 19.8 Å². The standard InChI is InChI=1S/C13H12Cl2N2O/c1-7(2)11-6-12(18)17-13(16-11)9-5-8(14)3-4-10(9)15/h3-7H,1-2H3,(H,16,17,18). The Hall–Kier alpha value is -1.32. The Bertz CT molecular complexity index is 635. The van der Waals surface area contributed by atoms with Crippen LogP contribution in [0.15, 0.2) is 29.1 Å². The second kappa shape index (κ2) is 5.12. The summed E-state index contributed by atoms with van der Waals surface area (Å²) in [5, 5.41) is 1.05. The Balaban J connectivity index is 2.63. The van der Waals surface area contributed by atoms with Crippen LogP contribution in [0.4, 0.5) is 0 Å². The predicted molar refractivity (Wildman–Crippen MR) is 74.4 cm³/mol. The van der Waals surface area contributed by atoms with Gasteiger partial charge in [0, 0.05) is 16.7 Å². The number of hydrogen-bond donors (Lipinski definition) is 1. The van der Waals surface area contributed by atoms with Gasteiger partial charge in [-0.15, -0.1) is 0 Å². The number of nitrogens with zero attached hydrogens (tertiary/aromatic N) is 1. The first-order chi connectivity index (χ1) is 8.47. The van der Waals surface area contributed by atoms with E-state index in [0.717, 1.165) is 5.69 Å². The molecule has 1 aromatic carbocycles. The third-order valence-corrected chi connectivity index (χ3v) is 3.10. The van der Waals surface area contributed by atoms with E-state index in [0.29, 0.717) is 21.4 Å². The van der Waals surface area contributed by atoms with Crippen LogP contribution >= 0.6 is 23.2 Å². The fraction of sp³-hybridized carbons (Fsp3) is 0.231. The fourth-order valence-electron chi connectivity index (χ4n) is 1.58. The molecule has 5 heteroatoms. The van der Waals surface area contributed by atoms with Gasteiger partial charge in [0.15, 0.2) is 0 Å². The SMILES string of the molecule is CC(C)c1cc(=O)[nH]c(-c2cc(Cl)ccc2Cl)n1. The highest BCUT2D eigenvalue weighted by molar-refractivity contribution is 6.35. The molecule has 0 atom stereocenters. The van der Waals surface area contributed by atoms with Gasteiger partial charge in [0.25, 0.3) is 5.56 Å².